The number of carbonyl (C=O) groups is 1. The monoisotopic (exact) mass is 462 g/mol. The third-order valence-electron chi connectivity index (χ3n) is 2.62. The molecule has 1 amide bonds. The average molecular weight is 465 g/mol. The van der Waals surface area contributed by atoms with Gasteiger partial charge in [-0.25, -0.2) is 0 Å². The van der Waals surface area contributed by atoms with Crippen LogP contribution in [0.4, 0.5) is 5.69 Å². The lowest BCUT2D eigenvalue weighted by atomic mass is 10.2. The summed E-state index contributed by atoms with van der Waals surface area (Å²) < 4.78 is 0.981. The molecule has 114 valence electrons. The Morgan fingerprint density at radius 1 is 1.18 bits per heavy atom. The van der Waals surface area contributed by atoms with Crippen molar-refractivity contribution in [1.82, 2.24) is 5.32 Å². The van der Waals surface area contributed by atoms with E-state index in [1.807, 2.05) is 0 Å². The van der Waals surface area contributed by atoms with Crippen molar-refractivity contribution in [2.45, 2.75) is 0 Å². The van der Waals surface area contributed by atoms with E-state index in [0.29, 0.717) is 25.2 Å². The molecule has 0 bridgehead atoms. The highest BCUT2D eigenvalue weighted by Gasteiger charge is 2.12. The van der Waals surface area contributed by atoms with E-state index >= 15 is 0 Å². The van der Waals surface area contributed by atoms with E-state index in [2.05, 4.69) is 42.5 Å². The first-order valence-electron chi connectivity index (χ1n) is 5.93. The Labute approximate surface area is 154 Å². The zero-order valence-corrected chi connectivity index (χ0v) is 15.6. The molecular weight excluding hydrogens is 455 g/mol. The molecule has 2 aromatic carbocycles. The van der Waals surface area contributed by atoms with E-state index in [1.165, 1.54) is 0 Å². The summed E-state index contributed by atoms with van der Waals surface area (Å²) in [6.45, 7) is 0. The normalized spacial score (nSPS) is 10.1. The number of thiocarbonyl (C=S) groups is 1. The van der Waals surface area contributed by atoms with Crippen molar-refractivity contribution in [2.75, 3.05) is 5.32 Å². The summed E-state index contributed by atoms with van der Waals surface area (Å²) in [6, 6.07) is 9.95. The Kier molecular flexibility index (Phi) is 5.80. The molecule has 0 aliphatic heterocycles. The van der Waals surface area contributed by atoms with Gasteiger partial charge in [0.05, 0.1) is 19.5 Å². The molecule has 0 heterocycles. The summed E-state index contributed by atoms with van der Waals surface area (Å²) in [5, 5.41) is 15.5. The lowest BCUT2D eigenvalue weighted by molar-refractivity contribution is 0.0978. The van der Waals surface area contributed by atoms with Gasteiger partial charge in [0.2, 0.25) is 0 Å². The highest BCUT2D eigenvalue weighted by molar-refractivity contribution is 9.11. The number of phenols is 1. The molecule has 0 radical (unpaired) electrons. The van der Waals surface area contributed by atoms with Gasteiger partial charge in [0.15, 0.2) is 5.11 Å². The molecule has 0 fully saturated rings. The number of hydrogen-bond acceptors (Lipinski definition) is 3. The number of hydrogen-bond donors (Lipinski definition) is 3. The van der Waals surface area contributed by atoms with Crippen LogP contribution >= 0.6 is 55.7 Å². The fourth-order valence-electron chi connectivity index (χ4n) is 1.62. The maximum Gasteiger partial charge on any atom is 0.258 e. The highest BCUT2D eigenvalue weighted by Crippen LogP contribution is 2.35. The van der Waals surface area contributed by atoms with Gasteiger partial charge in [0, 0.05) is 5.69 Å². The molecule has 4 nitrogen and oxygen atoms in total. The molecule has 2 aromatic rings. The van der Waals surface area contributed by atoms with Gasteiger partial charge in [0.1, 0.15) is 5.75 Å². The number of anilines is 1. The van der Waals surface area contributed by atoms with Crippen LogP contribution in [0.3, 0.4) is 0 Å². The van der Waals surface area contributed by atoms with E-state index in [1.54, 1.807) is 36.4 Å². The first-order chi connectivity index (χ1) is 10.4. The van der Waals surface area contributed by atoms with Crippen molar-refractivity contribution >= 4 is 72.4 Å². The molecule has 0 aliphatic rings. The van der Waals surface area contributed by atoms with E-state index in [9.17, 15) is 9.90 Å². The number of nitrogens with one attached hydrogen (secondary N) is 2. The first kappa shape index (κ1) is 17.2. The van der Waals surface area contributed by atoms with E-state index in [0.717, 1.165) is 0 Å². The van der Waals surface area contributed by atoms with Crippen molar-refractivity contribution < 1.29 is 9.90 Å². The summed E-state index contributed by atoms with van der Waals surface area (Å²) in [6.07, 6.45) is 0. The van der Waals surface area contributed by atoms with E-state index in [4.69, 9.17) is 23.8 Å². The number of phenolic OH excluding ortho intramolecular Hbond substituents is 1. The van der Waals surface area contributed by atoms with Gasteiger partial charge in [-0.2, -0.15) is 0 Å². The van der Waals surface area contributed by atoms with Crippen molar-refractivity contribution in [3.05, 3.63) is 55.9 Å². The van der Waals surface area contributed by atoms with Crippen LogP contribution in [-0.2, 0) is 0 Å². The molecule has 22 heavy (non-hydrogen) atoms. The number of amides is 1. The molecule has 0 unspecified atom stereocenters. The predicted octanol–water partition coefficient (Wildman–Crippen LogP) is 4.70. The average Bonchev–Trinajstić information content (AvgIpc) is 2.44. The van der Waals surface area contributed by atoms with Gasteiger partial charge in [-0.3, -0.25) is 10.1 Å². The molecule has 0 atom stereocenters. The number of rotatable bonds is 2. The largest absolute Gasteiger partial charge is 0.506 e. The van der Waals surface area contributed by atoms with Crippen LogP contribution in [0, 0.1) is 0 Å². The minimum absolute atomic E-state index is 0.0802. The standard InChI is InChI=1S/C14H9Br2ClN2O2S/c15-9-5-7(6-10(16)12(9)20)18-14(22)19-13(21)8-3-1-2-4-11(8)17/h1-6,20H,(H2,18,19,21,22). The summed E-state index contributed by atoms with van der Waals surface area (Å²) in [5.41, 5.74) is 0.933. The lowest BCUT2D eigenvalue weighted by Gasteiger charge is -2.11. The quantitative estimate of drug-likeness (QED) is 0.446. The van der Waals surface area contributed by atoms with Gasteiger partial charge in [0.25, 0.3) is 5.91 Å². The second-order valence-electron chi connectivity index (χ2n) is 4.18. The highest BCUT2D eigenvalue weighted by atomic mass is 79.9. The van der Waals surface area contributed by atoms with Crippen LogP contribution < -0.4 is 10.6 Å². The number of halogens is 3. The minimum Gasteiger partial charge on any atom is -0.506 e. The van der Waals surface area contributed by atoms with Crippen molar-refractivity contribution in [1.29, 1.82) is 0 Å². The Morgan fingerprint density at radius 3 is 2.36 bits per heavy atom. The summed E-state index contributed by atoms with van der Waals surface area (Å²) in [5.74, 6) is -0.323. The molecule has 3 N–H and O–H groups in total. The Balaban J connectivity index is 2.08. The molecule has 0 saturated heterocycles. The number of carbonyl (C=O) groups excluding carboxylic acids is 1. The molecule has 0 aliphatic carbocycles. The van der Waals surface area contributed by atoms with Crippen LogP contribution in [-0.4, -0.2) is 16.1 Å². The third kappa shape index (κ3) is 4.19. The first-order valence-corrected chi connectivity index (χ1v) is 8.30. The summed E-state index contributed by atoms with van der Waals surface area (Å²) >= 11 is 17.5. The Bertz CT molecular complexity index is 732. The van der Waals surface area contributed by atoms with Gasteiger partial charge in [-0.1, -0.05) is 23.7 Å². The molecule has 0 saturated carbocycles. The van der Waals surface area contributed by atoms with Crippen LogP contribution in [0.15, 0.2) is 45.3 Å². The van der Waals surface area contributed by atoms with Gasteiger partial charge < -0.3 is 10.4 Å². The predicted molar refractivity (Wildman–Crippen MR) is 98.6 cm³/mol. The van der Waals surface area contributed by atoms with Crippen LogP contribution in [0.2, 0.25) is 5.02 Å². The second-order valence-corrected chi connectivity index (χ2v) is 6.70. The van der Waals surface area contributed by atoms with Gasteiger partial charge in [-0.15, -0.1) is 0 Å². The van der Waals surface area contributed by atoms with Gasteiger partial charge >= 0.3 is 0 Å². The van der Waals surface area contributed by atoms with Crippen molar-refractivity contribution in [2.24, 2.45) is 0 Å². The second kappa shape index (κ2) is 7.41. The number of aromatic hydroxyl groups is 1. The third-order valence-corrected chi connectivity index (χ3v) is 4.36. The van der Waals surface area contributed by atoms with Crippen LogP contribution in [0.5, 0.6) is 5.75 Å². The van der Waals surface area contributed by atoms with Gasteiger partial charge in [-0.05, 0) is 68.3 Å². The summed E-state index contributed by atoms with van der Waals surface area (Å²) in [4.78, 5) is 12.1. The maximum absolute atomic E-state index is 12.1. The van der Waals surface area contributed by atoms with Crippen molar-refractivity contribution in [3.8, 4) is 5.75 Å². The minimum atomic E-state index is -0.403. The molecule has 0 spiro atoms. The van der Waals surface area contributed by atoms with Crippen LogP contribution in [0.1, 0.15) is 10.4 Å². The Morgan fingerprint density at radius 2 is 1.77 bits per heavy atom. The number of benzene rings is 2. The Hall–Kier alpha value is -1.15. The molecule has 8 heteroatoms. The SMILES string of the molecule is O=C(NC(=S)Nc1cc(Br)c(O)c(Br)c1)c1ccccc1Cl. The summed E-state index contributed by atoms with van der Waals surface area (Å²) in [7, 11) is 0. The zero-order chi connectivity index (χ0) is 16.3. The molecule has 0 aromatic heterocycles. The van der Waals surface area contributed by atoms with Crippen molar-refractivity contribution in [3.63, 3.8) is 0 Å². The topological polar surface area (TPSA) is 61.4 Å². The molecule has 2 rings (SSSR count). The smallest absolute Gasteiger partial charge is 0.258 e. The lowest BCUT2D eigenvalue weighted by Crippen LogP contribution is -2.34. The fourth-order valence-corrected chi connectivity index (χ4v) is 3.23. The maximum atomic E-state index is 12.1. The molecular formula is C14H9Br2ClN2O2S. The van der Waals surface area contributed by atoms with E-state index in [-0.39, 0.29) is 10.9 Å². The fraction of sp³-hybridized carbons (Fsp3) is 0. The van der Waals surface area contributed by atoms with E-state index < -0.39 is 5.91 Å². The zero-order valence-electron chi connectivity index (χ0n) is 10.9. The van der Waals surface area contributed by atoms with Crippen LogP contribution in [0.25, 0.3) is 0 Å².